The smallest absolute Gasteiger partial charge is 0.142 e. The minimum atomic E-state index is 0.280. The zero-order valence-electron chi connectivity index (χ0n) is 10.5. The summed E-state index contributed by atoms with van der Waals surface area (Å²) in [5.74, 6) is 0.793. The molecule has 3 heteroatoms. The fourth-order valence-corrected chi connectivity index (χ4v) is 1.77. The summed E-state index contributed by atoms with van der Waals surface area (Å²) >= 11 is 0. The third kappa shape index (κ3) is 2.33. The summed E-state index contributed by atoms with van der Waals surface area (Å²) in [6.45, 7) is 4.32. The molecule has 0 aliphatic rings. The van der Waals surface area contributed by atoms with Gasteiger partial charge in [0.05, 0.1) is 11.3 Å². The van der Waals surface area contributed by atoms with E-state index in [4.69, 9.17) is 11.0 Å². The number of nitriles is 1. The number of anilines is 1. The summed E-state index contributed by atoms with van der Waals surface area (Å²) in [4.78, 5) is 4.24. The Morgan fingerprint density at radius 2 is 1.78 bits per heavy atom. The quantitative estimate of drug-likeness (QED) is 0.871. The number of rotatable bonds is 2. The second-order valence-corrected chi connectivity index (χ2v) is 4.52. The predicted octanol–water partition coefficient (Wildman–Crippen LogP) is 3.33. The molecule has 0 unspecified atom stereocenters. The van der Waals surface area contributed by atoms with Gasteiger partial charge in [-0.25, -0.2) is 4.98 Å². The maximum absolute atomic E-state index is 8.81. The van der Waals surface area contributed by atoms with Crippen LogP contribution in [-0.4, -0.2) is 4.98 Å². The molecule has 0 bridgehead atoms. The minimum absolute atomic E-state index is 0.280. The van der Waals surface area contributed by atoms with Crippen LogP contribution in [0.2, 0.25) is 0 Å². The molecule has 2 rings (SSSR count). The van der Waals surface area contributed by atoms with Gasteiger partial charge in [-0.3, -0.25) is 0 Å². The monoisotopic (exact) mass is 237 g/mol. The van der Waals surface area contributed by atoms with E-state index in [1.807, 2.05) is 24.3 Å². The van der Waals surface area contributed by atoms with E-state index < -0.39 is 0 Å². The van der Waals surface area contributed by atoms with E-state index in [2.05, 4.69) is 31.0 Å². The maximum atomic E-state index is 8.81. The topological polar surface area (TPSA) is 62.7 Å². The van der Waals surface area contributed by atoms with Crippen molar-refractivity contribution < 1.29 is 0 Å². The van der Waals surface area contributed by atoms with Crippen LogP contribution in [0.25, 0.3) is 11.3 Å². The van der Waals surface area contributed by atoms with Crippen LogP contribution < -0.4 is 5.73 Å². The number of hydrogen-bond donors (Lipinski definition) is 1. The fourth-order valence-electron chi connectivity index (χ4n) is 1.77. The van der Waals surface area contributed by atoms with E-state index in [1.165, 1.54) is 5.56 Å². The average Bonchev–Trinajstić information content (AvgIpc) is 2.38. The molecular formula is C15H15N3. The molecule has 0 aliphatic heterocycles. The largest absolute Gasteiger partial charge is 0.383 e. The number of nitrogens with zero attached hydrogens (tertiary/aromatic N) is 2. The second-order valence-electron chi connectivity index (χ2n) is 4.52. The molecular weight excluding hydrogens is 222 g/mol. The van der Waals surface area contributed by atoms with Gasteiger partial charge >= 0.3 is 0 Å². The first kappa shape index (κ1) is 12.1. The molecule has 0 aliphatic carbocycles. The number of aromatic nitrogens is 1. The van der Waals surface area contributed by atoms with Crippen molar-refractivity contribution in [3.8, 4) is 17.3 Å². The molecule has 3 nitrogen and oxygen atoms in total. The van der Waals surface area contributed by atoms with Gasteiger partial charge in [-0.2, -0.15) is 5.26 Å². The molecule has 1 aromatic carbocycles. The Bertz CT molecular complexity index is 592. The molecule has 0 amide bonds. The van der Waals surface area contributed by atoms with Crippen molar-refractivity contribution >= 4 is 5.82 Å². The highest BCUT2D eigenvalue weighted by atomic mass is 14.8. The van der Waals surface area contributed by atoms with Gasteiger partial charge in [0.2, 0.25) is 0 Å². The van der Waals surface area contributed by atoms with Crippen molar-refractivity contribution in [2.24, 2.45) is 0 Å². The van der Waals surface area contributed by atoms with Crippen LogP contribution in [0.1, 0.15) is 30.9 Å². The van der Waals surface area contributed by atoms with Gasteiger partial charge < -0.3 is 5.73 Å². The molecule has 18 heavy (non-hydrogen) atoms. The highest BCUT2D eigenvalue weighted by Crippen LogP contribution is 2.22. The first-order valence-electron chi connectivity index (χ1n) is 5.88. The average molecular weight is 237 g/mol. The van der Waals surface area contributed by atoms with Gasteiger partial charge in [0.15, 0.2) is 0 Å². The Kier molecular flexibility index (Phi) is 3.29. The highest BCUT2D eigenvalue weighted by molar-refractivity contribution is 5.64. The van der Waals surface area contributed by atoms with Gasteiger partial charge in [0, 0.05) is 5.56 Å². The third-order valence-corrected chi connectivity index (χ3v) is 2.92. The number of benzene rings is 1. The van der Waals surface area contributed by atoms with Crippen LogP contribution in [-0.2, 0) is 0 Å². The molecule has 0 fully saturated rings. The standard InChI is InChI=1S/C15H15N3/c1-10(2)11-3-5-12(6-4-11)14-8-7-13(9-16)15(17)18-14/h3-8,10H,1-2H3,(H2,17,18). The number of hydrogen-bond acceptors (Lipinski definition) is 3. The summed E-state index contributed by atoms with van der Waals surface area (Å²) < 4.78 is 0. The Morgan fingerprint density at radius 3 is 2.28 bits per heavy atom. The minimum Gasteiger partial charge on any atom is -0.383 e. The summed E-state index contributed by atoms with van der Waals surface area (Å²) in [5.41, 5.74) is 9.22. The van der Waals surface area contributed by atoms with Gasteiger partial charge in [-0.15, -0.1) is 0 Å². The van der Waals surface area contributed by atoms with Crippen LogP contribution in [0.15, 0.2) is 36.4 Å². The van der Waals surface area contributed by atoms with Gasteiger partial charge in [0.1, 0.15) is 11.9 Å². The zero-order chi connectivity index (χ0) is 13.1. The van der Waals surface area contributed by atoms with E-state index in [0.29, 0.717) is 11.5 Å². The van der Waals surface area contributed by atoms with Crippen molar-refractivity contribution in [2.75, 3.05) is 5.73 Å². The van der Waals surface area contributed by atoms with E-state index in [-0.39, 0.29) is 5.82 Å². The molecule has 0 spiro atoms. The molecule has 1 aromatic heterocycles. The molecule has 0 saturated heterocycles. The molecule has 90 valence electrons. The van der Waals surface area contributed by atoms with Gasteiger partial charge in [0.25, 0.3) is 0 Å². The lowest BCUT2D eigenvalue weighted by atomic mass is 10.0. The third-order valence-electron chi connectivity index (χ3n) is 2.92. The lowest BCUT2D eigenvalue weighted by Gasteiger charge is -2.07. The van der Waals surface area contributed by atoms with E-state index >= 15 is 0 Å². The molecule has 0 atom stereocenters. The van der Waals surface area contributed by atoms with Crippen LogP contribution in [0.5, 0.6) is 0 Å². The summed E-state index contributed by atoms with van der Waals surface area (Å²) in [6, 6.07) is 13.8. The highest BCUT2D eigenvalue weighted by Gasteiger charge is 2.05. The zero-order valence-corrected chi connectivity index (χ0v) is 10.5. The van der Waals surface area contributed by atoms with E-state index in [9.17, 15) is 0 Å². The summed E-state index contributed by atoms with van der Waals surface area (Å²) in [6.07, 6.45) is 0. The number of pyridine rings is 1. The van der Waals surface area contributed by atoms with Crippen LogP contribution in [0.3, 0.4) is 0 Å². The lowest BCUT2D eigenvalue weighted by Crippen LogP contribution is -1.96. The second kappa shape index (κ2) is 4.89. The van der Waals surface area contributed by atoms with Gasteiger partial charge in [-0.1, -0.05) is 38.1 Å². The predicted molar refractivity (Wildman–Crippen MR) is 72.9 cm³/mol. The van der Waals surface area contributed by atoms with Crippen molar-refractivity contribution in [2.45, 2.75) is 19.8 Å². The van der Waals surface area contributed by atoms with Gasteiger partial charge in [-0.05, 0) is 23.6 Å². The molecule has 2 N–H and O–H groups in total. The Labute approximate surface area is 107 Å². The SMILES string of the molecule is CC(C)c1ccc(-c2ccc(C#N)c(N)n2)cc1. The maximum Gasteiger partial charge on any atom is 0.142 e. The van der Waals surface area contributed by atoms with Crippen molar-refractivity contribution in [1.82, 2.24) is 4.98 Å². The summed E-state index contributed by atoms with van der Waals surface area (Å²) in [7, 11) is 0. The Balaban J connectivity index is 2.37. The first-order chi connectivity index (χ1) is 8.61. The Hall–Kier alpha value is -2.34. The molecule has 2 aromatic rings. The van der Waals surface area contributed by atoms with E-state index in [0.717, 1.165) is 11.3 Å². The Morgan fingerprint density at radius 1 is 1.11 bits per heavy atom. The normalized spacial score (nSPS) is 10.3. The first-order valence-corrected chi connectivity index (χ1v) is 5.88. The molecule has 0 saturated carbocycles. The fraction of sp³-hybridized carbons (Fsp3) is 0.200. The van der Waals surface area contributed by atoms with Crippen molar-refractivity contribution in [3.63, 3.8) is 0 Å². The number of nitrogen functional groups attached to an aromatic ring is 1. The molecule has 0 radical (unpaired) electrons. The van der Waals surface area contributed by atoms with Crippen LogP contribution in [0.4, 0.5) is 5.82 Å². The number of nitrogens with two attached hydrogens (primary N) is 1. The van der Waals surface area contributed by atoms with Crippen molar-refractivity contribution in [3.05, 3.63) is 47.5 Å². The molecule has 1 heterocycles. The van der Waals surface area contributed by atoms with Crippen LogP contribution >= 0.6 is 0 Å². The lowest BCUT2D eigenvalue weighted by molar-refractivity contribution is 0.867. The van der Waals surface area contributed by atoms with E-state index in [1.54, 1.807) is 6.07 Å². The summed E-state index contributed by atoms with van der Waals surface area (Å²) in [5, 5.41) is 8.81. The van der Waals surface area contributed by atoms with Crippen molar-refractivity contribution in [1.29, 1.82) is 5.26 Å². The van der Waals surface area contributed by atoms with Crippen LogP contribution in [0, 0.1) is 11.3 Å².